The number of benzene rings is 1. The van der Waals surface area contributed by atoms with Crippen LogP contribution in [0.1, 0.15) is 19.4 Å². The molecule has 0 spiro atoms. The Kier molecular flexibility index (Phi) is 4.34. The Hall–Kier alpha value is -2.31. The molecule has 2 heterocycles. The first kappa shape index (κ1) is 17.5. The molecule has 0 bridgehead atoms. The summed E-state index contributed by atoms with van der Waals surface area (Å²) in [6, 6.07) is 5.79. The molecule has 0 saturated carbocycles. The quantitative estimate of drug-likeness (QED) is 0.744. The lowest BCUT2D eigenvalue weighted by atomic mass is 9.61. The van der Waals surface area contributed by atoms with Gasteiger partial charge in [0.2, 0.25) is 5.88 Å². The Morgan fingerprint density at radius 1 is 1.40 bits per heavy atom. The van der Waals surface area contributed by atoms with Gasteiger partial charge in [-0.15, -0.1) is 0 Å². The summed E-state index contributed by atoms with van der Waals surface area (Å²) in [5.41, 5.74) is -0.346. The molecule has 3 rings (SSSR count). The van der Waals surface area contributed by atoms with Crippen molar-refractivity contribution in [2.75, 3.05) is 11.4 Å². The summed E-state index contributed by atoms with van der Waals surface area (Å²) >= 11 is 0. The van der Waals surface area contributed by atoms with Gasteiger partial charge in [0.05, 0.1) is 5.40 Å². The number of ether oxygens (including phenoxy) is 1. The summed E-state index contributed by atoms with van der Waals surface area (Å²) < 4.78 is 35.0. The van der Waals surface area contributed by atoms with Gasteiger partial charge in [0.25, 0.3) is 0 Å². The second-order valence-electron chi connectivity index (χ2n) is 6.69. The molecule has 2 aromatic rings. The summed E-state index contributed by atoms with van der Waals surface area (Å²) in [5.74, 6) is -1.09. The number of rotatable bonds is 4. The molecule has 9 heteroatoms. The first-order valence-electron chi connectivity index (χ1n) is 8.26. The van der Waals surface area contributed by atoms with Crippen molar-refractivity contribution < 1.29 is 13.5 Å². The number of nitrogens with zero attached hydrogens (tertiary/aromatic N) is 3. The van der Waals surface area contributed by atoms with Gasteiger partial charge in [-0.05, 0) is 19.9 Å². The monoisotopic (exact) mass is 345 g/mol. The first-order chi connectivity index (χ1) is 11.7. The van der Waals surface area contributed by atoms with Gasteiger partial charge < -0.3 is 9.64 Å². The number of hydrogen-bond donors (Lipinski definition) is 0. The minimum atomic E-state index is -1.19. The number of likely N-dealkylation sites (N-methyl/N-ethyl adjacent to an activating group) is 1. The summed E-state index contributed by atoms with van der Waals surface area (Å²) in [5, 5.41) is -1.19. The molecular formula is C16H19B2F2N3O2. The van der Waals surface area contributed by atoms with E-state index in [2.05, 4.69) is 9.88 Å². The molecular weight excluding hydrogens is 326 g/mol. The Morgan fingerprint density at radius 2 is 2.12 bits per heavy atom. The van der Waals surface area contributed by atoms with Crippen molar-refractivity contribution in [1.29, 1.82) is 0 Å². The number of halogens is 2. The highest BCUT2D eigenvalue weighted by Gasteiger charge is 2.31. The van der Waals surface area contributed by atoms with Crippen molar-refractivity contribution in [1.82, 2.24) is 9.55 Å². The highest BCUT2D eigenvalue weighted by atomic mass is 19.2. The molecule has 0 aliphatic carbocycles. The fraction of sp³-hybridized carbons (Fsp3) is 0.375. The average Bonchev–Trinajstić information content (AvgIpc) is 2.85. The molecule has 1 aliphatic rings. The maximum atomic E-state index is 14.1. The molecule has 0 fully saturated rings. The second kappa shape index (κ2) is 6.20. The smallest absolute Gasteiger partial charge is 0.352 e. The van der Waals surface area contributed by atoms with Gasteiger partial charge in [-0.2, -0.15) is 4.98 Å². The zero-order valence-electron chi connectivity index (χ0n) is 14.7. The normalized spacial score (nSPS) is 16.8. The Labute approximate surface area is 146 Å². The van der Waals surface area contributed by atoms with E-state index in [1.165, 1.54) is 12.1 Å². The molecule has 130 valence electrons. The van der Waals surface area contributed by atoms with Gasteiger partial charge in [0, 0.05) is 30.8 Å². The third-order valence-corrected chi connectivity index (χ3v) is 4.54. The minimum Gasteiger partial charge on any atom is -0.485 e. The van der Waals surface area contributed by atoms with E-state index in [0.29, 0.717) is 6.54 Å². The van der Waals surface area contributed by atoms with Gasteiger partial charge >= 0.3 is 5.69 Å². The van der Waals surface area contributed by atoms with Crippen molar-refractivity contribution in [2.24, 2.45) is 0 Å². The lowest BCUT2D eigenvalue weighted by Gasteiger charge is -2.28. The van der Waals surface area contributed by atoms with E-state index in [9.17, 15) is 13.6 Å². The van der Waals surface area contributed by atoms with E-state index in [4.69, 9.17) is 4.74 Å². The van der Waals surface area contributed by atoms with Crippen LogP contribution in [-0.2, 0) is 11.9 Å². The molecule has 5 nitrogen and oxygen atoms in total. The first-order valence-corrected chi connectivity index (χ1v) is 8.26. The molecule has 0 N–H and O–H groups in total. The van der Waals surface area contributed by atoms with Crippen molar-refractivity contribution in [3.8, 4) is 5.88 Å². The molecule has 0 amide bonds. The van der Waals surface area contributed by atoms with Crippen LogP contribution in [0, 0.1) is 11.6 Å². The lowest BCUT2D eigenvalue weighted by molar-refractivity contribution is 0.225. The Morgan fingerprint density at radius 3 is 2.80 bits per heavy atom. The lowest BCUT2D eigenvalue weighted by Crippen LogP contribution is -2.37. The summed E-state index contributed by atoms with van der Waals surface area (Å²) in [7, 11) is 3.22. The predicted octanol–water partition coefficient (Wildman–Crippen LogP) is 0.205. The number of fused-ring (bicyclic) bond motifs is 1. The van der Waals surface area contributed by atoms with Crippen molar-refractivity contribution >= 4 is 21.5 Å². The standard InChI is InChI=1S/C16H19B2F2N3O2/c1-3-22-9(2)8-23-13(22)7-12(21-15(23)24)25-16(17,18)10-5-4-6-11(19)14(10)20/h4-7,9H,3,8,17-18H2,1-2H3/t9-/m0/s1. The third-order valence-electron chi connectivity index (χ3n) is 4.54. The molecule has 25 heavy (non-hydrogen) atoms. The van der Waals surface area contributed by atoms with E-state index in [1.807, 2.05) is 13.8 Å². The van der Waals surface area contributed by atoms with Crippen molar-refractivity contribution in [3.63, 3.8) is 0 Å². The number of anilines is 1. The molecule has 0 radical (unpaired) electrons. The Bertz CT molecular complexity index is 873. The SMILES string of the molecule is BC(B)(Oc1cc2n(c(=O)n1)C[C@H](C)N2CC)c1cccc(F)c1F. The van der Waals surface area contributed by atoms with Crippen molar-refractivity contribution in [3.05, 3.63) is 51.9 Å². The number of hydrogen-bond acceptors (Lipinski definition) is 4. The Balaban J connectivity index is 1.99. The predicted molar refractivity (Wildman–Crippen MR) is 96.7 cm³/mol. The number of aromatic nitrogens is 2. The molecule has 1 aromatic heterocycles. The van der Waals surface area contributed by atoms with E-state index in [-0.39, 0.29) is 17.5 Å². The van der Waals surface area contributed by atoms with E-state index in [1.54, 1.807) is 26.3 Å². The summed E-state index contributed by atoms with van der Waals surface area (Å²) in [4.78, 5) is 18.3. The topological polar surface area (TPSA) is 47.4 Å². The third kappa shape index (κ3) is 3.03. The van der Waals surface area contributed by atoms with Gasteiger partial charge in [-0.25, -0.2) is 13.6 Å². The highest BCUT2D eigenvalue weighted by molar-refractivity contribution is 6.39. The zero-order chi connectivity index (χ0) is 18.4. The van der Waals surface area contributed by atoms with Crippen LogP contribution in [0.2, 0.25) is 0 Å². The van der Waals surface area contributed by atoms with Gasteiger partial charge in [-0.3, -0.25) is 4.57 Å². The van der Waals surface area contributed by atoms with Crippen molar-refractivity contribution in [2.45, 2.75) is 31.8 Å². The van der Waals surface area contributed by atoms with Gasteiger partial charge in [0.1, 0.15) is 5.82 Å². The molecule has 1 aliphatic heterocycles. The fourth-order valence-electron chi connectivity index (χ4n) is 3.28. The second-order valence-corrected chi connectivity index (χ2v) is 6.69. The van der Waals surface area contributed by atoms with E-state index < -0.39 is 22.7 Å². The molecule has 0 saturated heterocycles. The van der Waals surface area contributed by atoms with Gasteiger partial charge in [-0.1, -0.05) is 12.1 Å². The van der Waals surface area contributed by atoms with Crippen LogP contribution in [-0.4, -0.2) is 37.8 Å². The van der Waals surface area contributed by atoms with Crippen LogP contribution in [0.25, 0.3) is 0 Å². The largest absolute Gasteiger partial charge is 0.485 e. The fourth-order valence-corrected chi connectivity index (χ4v) is 3.28. The maximum Gasteiger partial charge on any atom is 0.352 e. The molecule has 1 aromatic carbocycles. The highest BCUT2D eigenvalue weighted by Crippen LogP contribution is 2.29. The van der Waals surface area contributed by atoms with Crippen LogP contribution in [0.3, 0.4) is 0 Å². The van der Waals surface area contributed by atoms with Crippen LogP contribution < -0.4 is 15.3 Å². The average molecular weight is 345 g/mol. The minimum absolute atomic E-state index is 0.0654. The van der Waals surface area contributed by atoms with E-state index >= 15 is 0 Å². The van der Waals surface area contributed by atoms with Crippen LogP contribution in [0.4, 0.5) is 14.6 Å². The summed E-state index contributed by atoms with van der Waals surface area (Å²) in [6.07, 6.45) is 0. The van der Waals surface area contributed by atoms with Crippen LogP contribution in [0.15, 0.2) is 29.1 Å². The molecule has 0 unspecified atom stereocenters. The molecule has 1 atom stereocenters. The van der Waals surface area contributed by atoms with Crippen LogP contribution in [0.5, 0.6) is 5.88 Å². The van der Waals surface area contributed by atoms with E-state index in [0.717, 1.165) is 18.4 Å². The van der Waals surface area contributed by atoms with Crippen LogP contribution >= 0.6 is 0 Å². The maximum absolute atomic E-state index is 14.1. The van der Waals surface area contributed by atoms with Gasteiger partial charge in [0.15, 0.2) is 27.3 Å². The zero-order valence-corrected chi connectivity index (χ0v) is 14.7. The summed E-state index contributed by atoms with van der Waals surface area (Å²) in [6.45, 7) is 5.34.